The molecule has 0 aliphatic carbocycles. The highest BCUT2D eigenvalue weighted by atomic mass is 19.4. The van der Waals surface area contributed by atoms with Gasteiger partial charge in [0.25, 0.3) is 0 Å². The summed E-state index contributed by atoms with van der Waals surface area (Å²) >= 11 is 0. The van der Waals surface area contributed by atoms with Gasteiger partial charge in [0.15, 0.2) is 5.96 Å². The zero-order chi connectivity index (χ0) is 17.6. The standard InChI is InChI=1S/C15H26F3N5O/c1-19-14(20-5-4-15(16,17)18)23-10-8-21(9-11-23)12-13(24)22-6-2-3-7-22/h2-12H2,1H3,(H,19,20). The summed E-state index contributed by atoms with van der Waals surface area (Å²) in [5, 5.41) is 2.76. The molecular weight excluding hydrogens is 323 g/mol. The molecule has 2 aliphatic heterocycles. The van der Waals surface area contributed by atoms with E-state index < -0.39 is 12.6 Å². The molecule has 0 spiro atoms. The largest absolute Gasteiger partial charge is 0.390 e. The summed E-state index contributed by atoms with van der Waals surface area (Å²) in [5.41, 5.74) is 0. The molecule has 0 aromatic carbocycles. The van der Waals surface area contributed by atoms with Gasteiger partial charge in [-0.15, -0.1) is 0 Å². The van der Waals surface area contributed by atoms with Crippen LogP contribution in [-0.2, 0) is 4.79 Å². The van der Waals surface area contributed by atoms with E-state index in [1.165, 1.54) is 0 Å². The maximum absolute atomic E-state index is 12.2. The van der Waals surface area contributed by atoms with Crippen molar-refractivity contribution in [2.24, 2.45) is 4.99 Å². The van der Waals surface area contributed by atoms with Crippen LogP contribution in [0.3, 0.4) is 0 Å². The Morgan fingerprint density at radius 2 is 1.67 bits per heavy atom. The second kappa shape index (κ2) is 8.55. The quantitative estimate of drug-likeness (QED) is 0.601. The van der Waals surface area contributed by atoms with Crippen molar-refractivity contribution >= 4 is 11.9 Å². The Labute approximate surface area is 140 Å². The van der Waals surface area contributed by atoms with E-state index in [0.717, 1.165) is 25.9 Å². The number of halogens is 3. The summed E-state index contributed by atoms with van der Waals surface area (Å²) in [4.78, 5) is 22.1. The normalized spacial score (nSPS) is 20.6. The van der Waals surface area contributed by atoms with Crippen LogP contribution in [0.15, 0.2) is 4.99 Å². The number of hydrogen-bond donors (Lipinski definition) is 1. The molecule has 6 nitrogen and oxygen atoms in total. The molecule has 0 radical (unpaired) electrons. The van der Waals surface area contributed by atoms with Crippen LogP contribution in [0.4, 0.5) is 13.2 Å². The third-order valence-electron chi connectivity index (χ3n) is 4.39. The predicted octanol–water partition coefficient (Wildman–Crippen LogP) is 0.754. The smallest absolute Gasteiger partial charge is 0.356 e. The van der Waals surface area contributed by atoms with Crippen LogP contribution in [0, 0.1) is 0 Å². The van der Waals surface area contributed by atoms with Crippen LogP contribution in [0.1, 0.15) is 19.3 Å². The molecule has 2 heterocycles. The fourth-order valence-corrected chi connectivity index (χ4v) is 3.02. The van der Waals surface area contributed by atoms with Crippen molar-refractivity contribution < 1.29 is 18.0 Å². The van der Waals surface area contributed by atoms with E-state index in [1.807, 2.05) is 9.80 Å². The predicted molar refractivity (Wildman–Crippen MR) is 85.9 cm³/mol. The molecule has 0 saturated carbocycles. The molecule has 0 aromatic heterocycles. The van der Waals surface area contributed by atoms with Gasteiger partial charge in [0, 0.05) is 52.9 Å². The third-order valence-corrected chi connectivity index (χ3v) is 4.39. The van der Waals surface area contributed by atoms with Crippen LogP contribution in [0.25, 0.3) is 0 Å². The maximum Gasteiger partial charge on any atom is 0.390 e. The van der Waals surface area contributed by atoms with E-state index in [9.17, 15) is 18.0 Å². The topological polar surface area (TPSA) is 51.2 Å². The number of aliphatic imine (C=N–C) groups is 1. The molecule has 1 amide bonds. The Balaban J connectivity index is 1.71. The second-order valence-electron chi connectivity index (χ2n) is 6.19. The van der Waals surface area contributed by atoms with Crippen LogP contribution in [0.2, 0.25) is 0 Å². The van der Waals surface area contributed by atoms with Gasteiger partial charge in [0.05, 0.1) is 13.0 Å². The van der Waals surface area contributed by atoms with E-state index in [2.05, 4.69) is 15.2 Å². The van der Waals surface area contributed by atoms with E-state index in [4.69, 9.17) is 0 Å². The Morgan fingerprint density at radius 1 is 1.04 bits per heavy atom. The zero-order valence-corrected chi connectivity index (χ0v) is 14.1. The number of piperazine rings is 1. The molecule has 24 heavy (non-hydrogen) atoms. The number of guanidine groups is 1. The van der Waals surface area contributed by atoms with Crippen molar-refractivity contribution in [3.8, 4) is 0 Å². The van der Waals surface area contributed by atoms with E-state index in [-0.39, 0.29) is 12.5 Å². The minimum atomic E-state index is -4.17. The van der Waals surface area contributed by atoms with Gasteiger partial charge in [-0.05, 0) is 12.8 Å². The lowest BCUT2D eigenvalue weighted by molar-refractivity contribution is -0.133. The molecule has 0 atom stereocenters. The molecule has 0 aromatic rings. The van der Waals surface area contributed by atoms with Gasteiger partial charge in [-0.25, -0.2) is 0 Å². The summed E-state index contributed by atoms with van der Waals surface area (Å²) in [6.45, 7) is 4.68. The summed E-state index contributed by atoms with van der Waals surface area (Å²) in [6, 6.07) is 0. The fourth-order valence-electron chi connectivity index (χ4n) is 3.02. The molecule has 2 fully saturated rings. The van der Waals surface area contributed by atoms with Gasteiger partial charge in [-0.2, -0.15) is 13.2 Å². The number of nitrogens with zero attached hydrogens (tertiary/aromatic N) is 4. The Kier molecular flexibility index (Phi) is 6.70. The zero-order valence-electron chi connectivity index (χ0n) is 14.1. The molecular formula is C15H26F3N5O. The number of carbonyl (C=O) groups excluding carboxylic acids is 1. The Morgan fingerprint density at radius 3 is 2.21 bits per heavy atom. The summed E-state index contributed by atoms with van der Waals surface area (Å²) < 4.78 is 36.7. The number of likely N-dealkylation sites (tertiary alicyclic amines) is 1. The van der Waals surface area contributed by atoms with Crippen LogP contribution < -0.4 is 5.32 Å². The lowest BCUT2D eigenvalue weighted by Crippen LogP contribution is -2.54. The molecule has 2 saturated heterocycles. The van der Waals surface area contributed by atoms with Gasteiger partial charge in [-0.3, -0.25) is 14.7 Å². The van der Waals surface area contributed by atoms with Crippen molar-refractivity contribution in [3.05, 3.63) is 0 Å². The van der Waals surface area contributed by atoms with Gasteiger partial charge in [-0.1, -0.05) is 0 Å². The average Bonchev–Trinajstić information content (AvgIpc) is 3.06. The first-order valence-corrected chi connectivity index (χ1v) is 8.41. The first-order valence-electron chi connectivity index (χ1n) is 8.41. The van der Waals surface area contributed by atoms with Crippen molar-refractivity contribution in [1.82, 2.24) is 20.0 Å². The number of alkyl halides is 3. The number of amides is 1. The lowest BCUT2D eigenvalue weighted by Gasteiger charge is -2.36. The first kappa shape index (κ1) is 18.8. The average molecular weight is 349 g/mol. The highest BCUT2D eigenvalue weighted by Gasteiger charge is 2.28. The van der Waals surface area contributed by atoms with Crippen molar-refractivity contribution in [3.63, 3.8) is 0 Å². The molecule has 138 valence electrons. The minimum Gasteiger partial charge on any atom is -0.356 e. The van der Waals surface area contributed by atoms with E-state index in [0.29, 0.717) is 38.7 Å². The second-order valence-corrected chi connectivity index (χ2v) is 6.19. The molecule has 0 unspecified atom stereocenters. The van der Waals surface area contributed by atoms with Crippen LogP contribution in [0.5, 0.6) is 0 Å². The SMILES string of the molecule is CN=C(NCCC(F)(F)F)N1CCN(CC(=O)N2CCCC2)CC1. The first-order chi connectivity index (χ1) is 11.4. The van der Waals surface area contributed by atoms with Crippen LogP contribution >= 0.6 is 0 Å². The Hall–Kier alpha value is -1.51. The molecule has 2 rings (SSSR count). The maximum atomic E-state index is 12.2. The molecule has 9 heteroatoms. The van der Waals surface area contributed by atoms with E-state index in [1.54, 1.807) is 7.05 Å². The summed E-state index contributed by atoms with van der Waals surface area (Å²) in [6.07, 6.45) is -2.88. The van der Waals surface area contributed by atoms with E-state index >= 15 is 0 Å². The number of nitrogens with one attached hydrogen (secondary N) is 1. The molecule has 2 aliphatic rings. The third kappa shape index (κ3) is 5.85. The monoisotopic (exact) mass is 349 g/mol. The van der Waals surface area contributed by atoms with Gasteiger partial charge >= 0.3 is 6.18 Å². The molecule has 1 N–H and O–H groups in total. The van der Waals surface area contributed by atoms with Gasteiger partial charge < -0.3 is 15.1 Å². The van der Waals surface area contributed by atoms with Crippen molar-refractivity contribution in [1.29, 1.82) is 0 Å². The van der Waals surface area contributed by atoms with Gasteiger partial charge in [0.1, 0.15) is 0 Å². The fraction of sp³-hybridized carbons (Fsp3) is 0.867. The number of hydrogen-bond acceptors (Lipinski definition) is 3. The Bertz CT molecular complexity index is 441. The summed E-state index contributed by atoms with van der Waals surface area (Å²) in [7, 11) is 1.57. The number of carbonyl (C=O) groups is 1. The highest BCUT2D eigenvalue weighted by molar-refractivity contribution is 5.80. The lowest BCUT2D eigenvalue weighted by atomic mass is 10.3. The van der Waals surface area contributed by atoms with Crippen LogP contribution in [-0.4, -0.2) is 92.1 Å². The highest BCUT2D eigenvalue weighted by Crippen LogP contribution is 2.18. The minimum absolute atomic E-state index is 0.175. The van der Waals surface area contributed by atoms with Crippen molar-refractivity contribution in [2.75, 3.05) is 59.4 Å². The van der Waals surface area contributed by atoms with Gasteiger partial charge in [0.2, 0.25) is 5.91 Å². The van der Waals surface area contributed by atoms with Crippen molar-refractivity contribution in [2.45, 2.75) is 25.4 Å². The molecule has 0 bridgehead atoms. The summed E-state index contributed by atoms with van der Waals surface area (Å²) in [5.74, 6) is 0.665. The number of rotatable bonds is 4.